The Balaban J connectivity index is 1.17. The number of benzene rings is 1. The first-order valence-electron chi connectivity index (χ1n) is 9.87. The summed E-state index contributed by atoms with van der Waals surface area (Å²) in [4.78, 5) is 11.2. The van der Waals surface area contributed by atoms with Crippen LogP contribution >= 0.6 is 11.6 Å². The number of phenols is 1. The van der Waals surface area contributed by atoms with E-state index < -0.39 is 0 Å². The molecule has 2 aromatic rings. The highest BCUT2D eigenvalue weighted by atomic mass is 35.5. The summed E-state index contributed by atoms with van der Waals surface area (Å²) in [5.41, 5.74) is 0. The molecule has 1 saturated carbocycles. The number of nitrogens with zero attached hydrogens (tertiary/aromatic N) is 3. The number of aromatic nitrogens is 2. The van der Waals surface area contributed by atoms with Gasteiger partial charge in [0.15, 0.2) is 0 Å². The summed E-state index contributed by atoms with van der Waals surface area (Å²) >= 11 is 5.94. The third-order valence-corrected chi connectivity index (χ3v) is 5.36. The zero-order valence-corrected chi connectivity index (χ0v) is 16.5. The molecule has 1 aromatic heterocycles. The van der Waals surface area contributed by atoms with Gasteiger partial charge in [0.1, 0.15) is 23.4 Å². The van der Waals surface area contributed by atoms with Crippen LogP contribution in [-0.4, -0.2) is 58.3 Å². The van der Waals surface area contributed by atoms with Crippen LogP contribution in [0, 0.1) is 0 Å². The van der Waals surface area contributed by atoms with Crippen molar-refractivity contribution in [2.45, 2.75) is 37.8 Å². The third-order valence-electron chi connectivity index (χ3n) is 5.06. The van der Waals surface area contributed by atoms with Gasteiger partial charge in [-0.15, -0.1) is 0 Å². The molecule has 3 N–H and O–H groups in total. The maximum absolute atomic E-state index is 9.49. The standard InChI is InChI=1S/C20H26ClN5O2/c21-17-13-16(3-4-18(17)27)28-15-6-10-26(11-7-15)12-9-22-19-5-8-23-20(25-19)24-14-1-2-14/h3-5,8,13-15,27H,1-2,6-7,9-12H2,(H2,22,23,24,25). The molecule has 8 heteroatoms. The topological polar surface area (TPSA) is 82.5 Å². The van der Waals surface area contributed by atoms with Gasteiger partial charge in [-0.3, -0.25) is 0 Å². The molecule has 0 bridgehead atoms. The van der Waals surface area contributed by atoms with Crippen LogP contribution in [0.3, 0.4) is 0 Å². The lowest BCUT2D eigenvalue weighted by atomic mass is 10.1. The van der Waals surface area contributed by atoms with Crippen LogP contribution in [0.1, 0.15) is 25.7 Å². The fourth-order valence-corrected chi connectivity index (χ4v) is 3.45. The average molecular weight is 404 g/mol. The smallest absolute Gasteiger partial charge is 0.224 e. The van der Waals surface area contributed by atoms with Gasteiger partial charge in [0, 0.05) is 44.5 Å². The molecule has 0 atom stereocenters. The second-order valence-corrected chi connectivity index (χ2v) is 7.79. The summed E-state index contributed by atoms with van der Waals surface area (Å²) in [5, 5.41) is 16.5. The van der Waals surface area contributed by atoms with Gasteiger partial charge in [0.05, 0.1) is 5.02 Å². The fourth-order valence-electron chi connectivity index (χ4n) is 3.28. The molecule has 1 saturated heterocycles. The van der Waals surface area contributed by atoms with Crippen molar-refractivity contribution in [1.29, 1.82) is 0 Å². The number of hydrogen-bond donors (Lipinski definition) is 3. The van der Waals surface area contributed by atoms with E-state index in [9.17, 15) is 5.11 Å². The molecule has 1 aliphatic heterocycles. The molecule has 1 aromatic carbocycles. The molecule has 0 radical (unpaired) electrons. The highest BCUT2D eigenvalue weighted by molar-refractivity contribution is 6.32. The predicted octanol–water partition coefficient (Wildman–Crippen LogP) is 3.37. The molecule has 2 heterocycles. The zero-order chi connectivity index (χ0) is 19.3. The minimum Gasteiger partial charge on any atom is -0.506 e. The van der Waals surface area contributed by atoms with E-state index in [0.717, 1.165) is 44.8 Å². The van der Waals surface area contributed by atoms with E-state index in [1.165, 1.54) is 12.8 Å². The SMILES string of the molecule is Oc1ccc(OC2CCN(CCNc3ccnc(NC4CC4)n3)CC2)cc1Cl. The first kappa shape index (κ1) is 19.1. The van der Waals surface area contributed by atoms with Gasteiger partial charge in [0.2, 0.25) is 5.95 Å². The van der Waals surface area contributed by atoms with Crippen molar-refractivity contribution >= 4 is 23.4 Å². The largest absolute Gasteiger partial charge is 0.506 e. The van der Waals surface area contributed by atoms with E-state index in [4.69, 9.17) is 16.3 Å². The second kappa shape index (κ2) is 8.84. The lowest BCUT2D eigenvalue weighted by Crippen LogP contribution is -2.40. The fraction of sp³-hybridized carbons (Fsp3) is 0.500. The van der Waals surface area contributed by atoms with E-state index in [1.807, 2.05) is 6.07 Å². The lowest BCUT2D eigenvalue weighted by Gasteiger charge is -2.32. The summed E-state index contributed by atoms with van der Waals surface area (Å²) in [6, 6.07) is 7.45. The van der Waals surface area contributed by atoms with Crippen LogP contribution in [0.15, 0.2) is 30.5 Å². The summed E-state index contributed by atoms with van der Waals surface area (Å²) in [6.07, 6.45) is 6.34. The summed E-state index contributed by atoms with van der Waals surface area (Å²) in [7, 11) is 0. The molecule has 0 spiro atoms. The quantitative estimate of drug-likeness (QED) is 0.623. The van der Waals surface area contributed by atoms with Crippen LogP contribution < -0.4 is 15.4 Å². The molecule has 7 nitrogen and oxygen atoms in total. The molecule has 1 aliphatic carbocycles. The molecule has 4 rings (SSSR count). The average Bonchev–Trinajstić information content (AvgIpc) is 3.50. The number of hydrogen-bond acceptors (Lipinski definition) is 7. The van der Waals surface area contributed by atoms with Crippen LogP contribution in [-0.2, 0) is 0 Å². The van der Waals surface area contributed by atoms with Gasteiger partial charge >= 0.3 is 0 Å². The highest BCUT2D eigenvalue weighted by Gasteiger charge is 2.22. The molecular weight excluding hydrogens is 378 g/mol. The predicted molar refractivity (Wildman–Crippen MR) is 110 cm³/mol. The van der Waals surface area contributed by atoms with E-state index >= 15 is 0 Å². The normalized spacial score (nSPS) is 18.0. The van der Waals surface area contributed by atoms with Crippen LogP contribution in [0.5, 0.6) is 11.5 Å². The molecule has 2 aliphatic rings. The molecular formula is C20H26ClN5O2. The van der Waals surface area contributed by atoms with Gasteiger partial charge in [-0.1, -0.05) is 11.6 Å². The summed E-state index contributed by atoms with van der Waals surface area (Å²) in [5.74, 6) is 2.36. The molecule has 2 fully saturated rings. The van der Waals surface area contributed by atoms with Gasteiger partial charge in [0.25, 0.3) is 0 Å². The van der Waals surface area contributed by atoms with Crippen molar-refractivity contribution < 1.29 is 9.84 Å². The van der Waals surface area contributed by atoms with Crippen molar-refractivity contribution in [2.75, 3.05) is 36.8 Å². The lowest BCUT2D eigenvalue weighted by molar-refractivity contribution is 0.103. The molecule has 0 amide bonds. The van der Waals surface area contributed by atoms with E-state index in [1.54, 1.807) is 24.4 Å². The van der Waals surface area contributed by atoms with Gasteiger partial charge in [-0.05, 0) is 43.9 Å². The van der Waals surface area contributed by atoms with Gasteiger partial charge < -0.3 is 25.4 Å². The number of likely N-dealkylation sites (tertiary alicyclic amines) is 1. The van der Waals surface area contributed by atoms with Crippen LogP contribution in [0.2, 0.25) is 5.02 Å². The Kier molecular flexibility index (Phi) is 6.02. The maximum Gasteiger partial charge on any atom is 0.224 e. The van der Waals surface area contributed by atoms with E-state index in [-0.39, 0.29) is 11.9 Å². The highest BCUT2D eigenvalue weighted by Crippen LogP contribution is 2.29. The van der Waals surface area contributed by atoms with Crippen molar-refractivity contribution in [1.82, 2.24) is 14.9 Å². The molecule has 28 heavy (non-hydrogen) atoms. The molecule has 0 unspecified atom stereocenters. The summed E-state index contributed by atoms with van der Waals surface area (Å²) < 4.78 is 6.00. The first-order valence-corrected chi connectivity index (χ1v) is 10.2. The minimum atomic E-state index is 0.0791. The number of halogens is 1. The first-order chi connectivity index (χ1) is 13.7. The maximum atomic E-state index is 9.49. The van der Waals surface area contributed by atoms with E-state index in [2.05, 4.69) is 25.5 Å². The Morgan fingerprint density at radius 2 is 2.00 bits per heavy atom. The number of phenolic OH excluding ortho intramolecular Hbond substituents is 1. The van der Waals surface area contributed by atoms with E-state index in [0.29, 0.717) is 22.8 Å². The Hall–Kier alpha value is -2.25. The number of anilines is 2. The number of piperidine rings is 1. The van der Waals surface area contributed by atoms with Gasteiger partial charge in [-0.25, -0.2) is 4.98 Å². The Labute approximate surface area is 170 Å². The van der Waals surface area contributed by atoms with Crippen molar-refractivity contribution in [3.63, 3.8) is 0 Å². The summed E-state index contributed by atoms with van der Waals surface area (Å²) in [6.45, 7) is 3.80. The second-order valence-electron chi connectivity index (χ2n) is 7.38. The monoisotopic (exact) mass is 403 g/mol. The number of aromatic hydroxyl groups is 1. The van der Waals surface area contributed by atoms with Crippen molar-refractivity contribution in [3.8, 4) is 11.5 Å². The third kappa shape index (κ3) is 5.39. The number of nitrogens with one attached hydrogen (secondary N) is 2. The van der Waals surface area contributed by atoms with Crippen molar-refractivity contribution in [2.24, 2.45) is 0 Å². The van der Waals surface area contributed by atoms with Crippen LogP contribution in [0.25, 0.3) is 0 Å². The van der Waals surface area contributed by atoms with Gasteiger partial charge in [-0.2, -0.15) is 4.98 Å². The Morgan fingerprint density at radius 3 is 2.75 bits per heavy atom. The molecule has 150 valence electrons. The minimum absolute atomic E-state index is 0.0791. The van der Waals surface area contributed by atoms with Crippen molar-refractivity contribution in [3.05, 3.63) is 35.5 Å². The number of rotatable bonds is 8. The number of ether oxygens (including phenoxy) is 1. The zero-order valence-electron chi connectivity index (χ0n) is 15.8. The van der Waals surface area contributed by atoms with Crippen LogP contribution in [0.4, 0.5) is 11.8 Å². The Morgan fingerprint density at radius 1 is 1.18 bits per heavy atom. The Bertz CT molecular complexity index is 794.